The fraction of sp³-hybridized carbons (Fsp3) is 0.385. The third kappa shape index (κ3) is 2.68. The van der Waals surface area contributed by atoms with Gasteiger partial charge < -0.3 is 19.7 Å². The first-order valence-corrected chi connectivity index (χ1v) is 6.01. The summed E-state index contributed by atoms with van der Waals surface area (Å²) in [6.07, 6.45) is 0.744. The predicted octanol–water partition coefficient (Wildman–Crippen LogP) is 2.16. The van der Waals surface area contributed by atoms with Gasteiger partial charge in [-0.25, -0.2) is 0 Å². The number of methoxy groups -OCH3 is 2. The molecular weight excluding hydrogens is 246 g/mol. The average molecular weight is 263 g/mol. The molecule has 0 amide bonds. The minimum atomic E-state index is -0.235. The van der Waals surface area contributed by atoms with Crippen molar-refractivity contribution in [1.82, 2.24) is 10.1 Å². The molecule has 19 heavy (non-hydrogen) atoms. The zero-order valence-electron chi connectivity index (χ0n) is 11.2. The molecule has 6 nitrogen and oxygen atoms in total. The highest BCUT2D eigenvalue weighted by Gasteiger charge is 2.15. The first-order chi connectivity index (χ1) is 9.19. The Morgan fingerprint density at radius 2 is 2.00 bits per heavy atom. The van der Waals surface area contributed by atoms with Crippen LogP contribution in [-0.2, 0) is 0 Å². The molecule has 0 fully saturated rings. The number of nitrogens with zero attached hydrogens (tertiary/aromatic N) is 2. The summed E-state index contributed by atoms with van der Waals surface area (Å²) in [5.41, 5.74) is 6.63. The maximum absolute atomic E-state index is 5.85. The van der Waals surface area contributed by atoms with Crippen molar-refractivity contribution in [2.24, 2.45) is 5.73 Å². The van der Waals surface area contributed by atoms with Crippen molar-refractivity contribution < 1.29 is 14.0 Å². The largest absolute Gasteiger partial charge is 0.493 e. The molecule has 2 N–H and O–H groups in total. The molecule has 0 spiro atoms. The fourth-order valence-corrected chi connectivity index (χ4v) is 1.65. The molecule has 0 aliphatic carbocycles. The number of benzene rings is 1. The van der Waals surface area contributed by atoms with Crippen LogP contribution in [0.5, 0.6) is 11.5 Å². The summed E-state index contributed by atoms with van der Waals surface area (Å²) in [7, 11) is 3.17. The van der Waals surface area contributed by atoms with Gasteiger partial charge in [0.05, 0.1) is 20.3 Å². The lowest BCUT2D eigenvalue weighted by Gasteiger charge is -2.07. The molecule has 1 aromatic carbocycles. The maximum Gasteiger partial charge on any atom is 0.243 e. The third-order valence-corrected chi connectivity index (χ3v) is 2.84. The Kier molecular flexibility index (Phi) is 4.01. The van der Waals surface area contributed by atoms with E-state index in [1.165, 1.54) is 0 Å². The van der Waals surface area contributed by atoms with E-state index in [0.29, 0.717) is 23.2 Å². The zero-order chi connectivity index (χ0) is 13.8. The SMILES string of the molecule is CCC(N)c1nc(-c2ccc(OC)c(OC)c2)no1. The quantitative estimate of drug-likeness (QED) is 0.890. The van der Waals surface area contributed by atoms with E-state index in [9.17, 15) is 0 Å². The number of aromatic nitrogens is 2. The van der Waals surface area contributed by atoms with Crippen LogP contribution in [0.2, 0.25) is 0 Å². The van der Waals surface area contributed by atoms with Crippen LogP contribution in [0.3, 0.4) is 0 Å². The molecule has 102 valence electrons. The van der Waals surface area contributed by atoms with Gasteiger partial charge in [0.25, 0.3) is 0 Å². The lowest BCUT2D eigenvalue weighted by Crippen LogP contribution is -2.08. The highest BCUT2D eigenvalue weighted by atomic mass is 16.5. The van der Waals surface area contributed by atoms with Crippen LogP contribution in [0.15, 0.2) is 22.7 Å². The van der Waals surface area contributed by atoms with Crippen molar-refractivity contribution in [1.29, 1.82) is 0 Å². The van der Waals surface area contributed by atoms with E-state index in [-0.39, 0.29) is 6.04 Å². The lowest BCUT2D eigenvalue weighted by atomic mass is 10.2. The van der Waals surface area contributed by atoms with Gasteiger partial charge in [0, 0.05) is 5.56 Å². The van der Waals surface area contributed by atoms with Gasteiger partial charge in [0.2, 0.25) is 11.7 Å². The maximum atomic E-state index is 5.85. The molecule has 0 saturated heterocycles. The Morgan fingerprint density at radius 3 is 2.63 bits per heavy atom. The average Bonchev–Trinajstić information content (AvgIpc) is 2.95. The van der Waals surface area contributed by atoms with Crippen molar-refractivity contribution in [2.45, 2.75) is 19.4 Å². The number of hydrogen-bond acceptors (Lipinski definition) is 6. The van der Waals surface area contributed by atoms with E-state index < -0.39 is 0 Å². The van der Waals surface area contributed by atoms with E-state index in [2.05, 4.69) is 10.1 Å². The van der Waals surface area contributed by atoms with Crippen molar-refractivity contribution in [3.8, 4) is 22.9 Å². The molecule has 1 unspecified atom stereocenters. The molecule has 1 heterocycles. The van der Waals surface area contributed by atoms with Gasteiger partial charge in [-0.05, 0) is 24.6 Å². The smallest absolute Gasteiger partial charge is 0.243 e. The predicted molar refractivity (Wildman–Crippen MR) is 70.1 cm³/mol. The Labute approximate surface area is 111 Å². The molecule has 0 bridgehead atoms. The van der Waals surface area contributed by atoms with Crippen LogP contribution in [-0.4, -0.2) is 24.4 Å². The van der Waals surface area contributed by atoms with Crippen molar-refractivity contribution in [3.05, 3.63) is 24.1 Å². The van der Waals surface area contributed by atoms with Crippen LogP contribution in [0, 0.1) is 0 Å². The minimum Gasteiger partial charge on any atom is -0.493 e. The molecule has 0 saturated carbocycles. The van der Waals surface area contributed by atoms with E-state index in [4.69, 9.17) is 19.7 Å². The van der Waals surface area contributed by atoms with E-state index >= 15 is 0 Å². The van der Waals surface area contributed by atoms with Crippen LogP contribution in [0.4, 0.5) is 0 Å². The second kappa shape index (κ2) is 5.71. The monoisotopic (exact) mass is 263 g/mol. The molecule has 2 rings (SSSR count). The van der Waals surface area contributed by atoms with E-state index in [1.807, 2.05) is 13.0 Å². The van der Waals surface area contributed by atoms with Gasteiger partial charge in [-0.15, -0.1) is 0 Å². The van der Waals surface area contributed by atoms with Crippen LogP contribution in [0.1, 0.15) is 25.3 Å². The van der Waals surface area contributed by atoms with Crippen LogP contribution in [0.25, 0.3) is 11.4 Å². The Balaban J connectivity index is 2.34. The summed E-state index contributed by atoms with van der Waals surface area (Å²) in [5, 5.41) is 3.92. The summed E-state index contributed by atoms with van der Waals surface area (Å²) < 4.78 is 15.6. The molecule has 0 aliphatic rings. The minimum absolute atomic E-state index is 0.235. The highest BCUT2D eigenvalue weighted by Crippen LogP contribution is 2.31. The van der Waals surface area contributed by atoms with Gasteiger partial charge in [0.1, 0.15) is 0 Å². The Hall–Kier alpha value is -2.08. The molecule has 1 aromatic heterocycles. The summed E-state index contributed by atoms with van der Waals surface area (Å²) in [5.74, 6) is 2.19. The first-order valence-electron chi connectivity index (χ1n) is 6.01. The topological polar surface area (TPSA) is 83.4 Å². The number of ether oxygens (including phenoxy) is 2. The second-order valence-electron chi connectivity index (χ2n) is 4.04. The number of nitrogens with two attached hydrogens (primary N) is 1. The molecule has 6 heteroatoms. The molecular formula is C13H17N3O3. The van der Waals surface area contributed by atoms with E-state index in [1.54, 1.807) is 26.4 Å². The lowest BCUT2D eigenvalue weighted by molar-refractivity contribution is 0.351. The van der Waals surface area contributed by atoms with Crippen LogP contribution >= 0.6 is 0 Å². The van der Waals surface area contributed by atoms with Gasteiger partial charge in [0.15, 0.2) is 11.5 Å². The normalized spacial score (nSPS) is 12.2. The van der Waals surface area contributed by atoms with Gasteiger partial charge in [-0.2, -0.15) is 4.98 Å². The molecule has 0 radical (unpaired) electrons. The van der Waals surface area contributed by atoms with Gasteiger partial charge in [-0.3, -0.25) is 0 Å². The van der Waals surface area contributed by atoms with Crippen molar-refractivity contribution >= 4 is 0 Å². The van der Waals surface area contributed by atoms with Crippen molar-refractivity contribution in [3.63, 3.8) is 0 Å². The second-order valence-corrected chi connectivity index (χ2v) is 4.04. The number of rotatable bonds is 5. The van der Waals surface area contributed by atoms with Gasteiger partial charge in [-0.1, -0.05) is 12.1 Å². The Morgan fingerprint density at radius 1 is 1.26 bits per heavy atom. The van der Waals surface area contributed by atoms with Crippen molar-refractivity contribution in [2.75, 3.05) is 14.2 Å². The molecule has 0 aliphatic heterocycles. The molecule has 1 atom stereocenters. The third-order valence-electron chi connectivity index (χ3n) is 2.84. The highest BCUT2D eigenvalue weighted by molar-refractivity contribution is 5.60. The summed E-state index contributed by atoms with van der Waals surface area (Å²) >= 11 is 0. The fourth-order valence-electron chi connectivity index (χ4n) is 1.65. The van der Waals surface area contributed by atoms with Gasteiger partial charge >= 0.3 is 0 Å². The van der Waals surface area contributed by atoms with E-state index in [0.717, 1.165) is 12.0 Å². The summed E-state index contributed by atoms with van der Waals surface area (Å²) in [6.45, 7) is 1.96. The number of hydrogen-bond donors (Lipinski definition) is 1. The standard InChI is InChI=1S/C13H17N3O3/c1-4-9(14)13-15-12(16-19-13)8-5-6-10(17-2)11(7-8)18-3/h5-7,9H,4,14H2,1-3H3. The zero-order valence-corrected chi connectivity index (χ0v) is 11.2. The molecule has 2 aromatic rings. The van der Waals surface area contributed by atoms with Crippen LogP contribution < -0.4 is 15.2 Å². The summed E-state index contributed by atoms with van der Waals surface area (Å²) in [6, 6.07) is 5.20. The Bertz CT molecular complexity index is 554. The summed E-state index contributed by atoms with van der Waals surface area (Å²) in [4.78, 5) is 4.28. The first kappa shape index (κ1) is 13.4.